The number of carbonyl (C=O) groups excluding carboxylic acids is 2. The molecule has 1 aliphatic rings. The number of nitrogens with one attached hydrogen (secondary N) is 3. The fourth-order valence-corrected chi connectivity index (χ4v) is 3.38. The Morgan fingerprint density at radius 1 is 1.10 bits per heavy atom. The summed E-state index contributed by atoms with van der Waals surface area (Å²) >= 11 is 0. The molecule has 0 aliphatic carbocycles. The van der Waals surface area contributed by atoms with Crippen molar-refractivity contribution in [2.24, 2.45) is 0 Å². The Morgan fingerprint density at radius 2 is 1.90 bits per heavy atom. The van der Waals surface area contributed by atoms with Crippen molar-refractivity contribution in [1.82, 2.24) is 5.32 Å². The number of morpholine rings is 1. The number of benzene rings is 2. The molecule has 2 aromatic carbocycles. The first-order chi connectivity index (χ1) is 14.6. The summed E-state index contributed by atoms with van der Waals surface area (Å²) in [6, 6.07) is 14.5. The molecule has 0 unspecified atom stereocenters. The maximum Gasteiger partial charge on any atom is 0.262 e. The number of aryl methyl sites for hydroxylation is 1. The van der Waals surface area contributed by atoms with Crippen LogP contribution < -0.4 is 20.3 Å². The summed E-state index contributed by atoms with van der Waals surface area (Å²) in [6.07, 6.45) is 0.903. The molecule has 0 radical (unpaired) electrons. The number of carbonyl (C=O) groups is 2. The minimum atomic E-state index is -0.312. The van der Waals surface area contributed by atoms with Gasteiger partial charge in [-0.3, -0.25) is 9.59 Å². The first kappa shape index (κ1) is 21.8. The summed E-state index contributed by atoms with van der Waals surface area (Å²) in [5.74, 6) is 0.133. The minimum absolute atomic E-state index is 0.123. The summed E-state index contributed by atoms with van der Waals surface area (Å²) in [5.41, 5.74) is 1.98. The Kier molecular flexibility index (Phi) is 8.23. The monoisotopic (exact) mass is 412 g/mol. The second-order valence-electron chi connectivity index (χ2n) is 7.42. The van der Waals surface area contributed by atoms with Crippen molar-refractivity contribution in [3.8, 4) is 5.75 Å². The van der Waals surface area contributed by atoms with Gasteiger partial charge < -0.3 is 25.0 Å². The van der Waals surface area contributed by atoms with Gasteiger partial charge in [-0.05, 0) is 36.8 Å². The van der Waals surface area contributed by atoms with E-state index in [2.05, 4.69) is 10.6 Å². The van der Waals surface area contributed by atoms with Gasteiger partial charge in [-0.15, -0.1) is 0 Å². The third-order valence-corrected chi connectivity index (χ3v) is 5.00. The number of hydrogen-bond acceptors (Lipinski definition) is 4. The molecule has 2 amide bonds. The lowest BCUT2D eigenvalue weighted by Crippen LogP contribution is -3.14. The molecule has 0 bridgehead atoms. The minimum Gasteiger partial charge on any atom is -0.484 e. The van der Waals surface area contributed by atoms with E-state index in [-0.39, 0.29) is 18.4 Å². The molecule has 3 rings (SSSR count). The smallest absolute Gasteiger partial charge is 0.262 e. The van der Waals surface area contributed by atoms with E-state index in [4.69, 9.17) is 9.47 Å². The van der Waals surface area contributed by atoms with Crippen LogP contribution in [0.15, 0.2) is 48.5 Å². The SMILES string of the molecule is Cc1cccc(OCC(=O)Nc2ccccc2C(=O)NCCC[NH+]2CCOCC2)c1. The van der Waals surface area contributed by atoms with Gasteiger partial charge in [0.15, 0.2) is 6.61 Å². The second-order valence-corrected chi connectivity index (χ2v) is 7.42. The maximum atomic E-state index is 12.6. The van der Waals surface area contributed by atoms with Crippen LogP contribution in [-0.2, 0) is 9.53 Å². The zero-order valence-corrected chi connectivity index (χ0v) is 17.4. The van der Waals surface area contributed by atoms with Crippen LogP contribution in [0.3, 0.4) is 0 Å². The Hall–Kier alpha value is -2.90. The fourth-order valence-electron chi connectivity index (χ4n) is 3.38. The number of para-hydroxylation sites is 1. The topological polar surface area (TPSA) is 81.1 Å². The van der Waals surface area contributed by atoms with Gasteiger partial charge in [0.1, 0.15) is 18.8 Å². The van der Waals surface area contributed by atoms with Crippen molar-refractivity contribution in [3.63, 3.8) is 0 Å². The number of amides is 2. The van der Waals surface area contributed by atoms with Crippen LogP contribution in [-0.4, -0.2) is 57.8 Å². The van der Waals surface area contributed by atoms with Crippen LogP contribution in [0.5, 0.6) is 5.75 Å². The molecule has 7 heteroatoms. The van der Waals surface area contributed by atoms with Gasteiger partial charge in [0, 0.05) is 13.0 Å². The first-order valence-electron chi connectivity index (χ1n) is 10.4. The van der Waals surface area contributed by atoms with Crippen molar-refractivity contribution in [3.05, 3.63) is 59.7 Å². The fraction of sp³-hybridized carbons (Fsp3) is 0.391. The van der Waals surface area contributed by atoms with E-state index >= 15 is 0 Å². The molecule has 0 saturated carbocycles. The molecular weight excluding hydrogens is 382 g/mol. The summed E-state index contributed by atoms with van der Waals surface area (Å²) < 4.78 is 10.9. The molecule has 0 atom stereocenters. The molecule has 160 valence electrons. The van der Waals surface area contributed by atoms with Crippen LogP contribution in [0.25, 0.3) is 0 Å². The number of quaternary nitrogens is 1. The molecule has 1 saturated heterocycles. The van der Waals surface area contributed by atoms with Crippen molar-refractivity contribution < 1.29 is 24.0 Å². The van der Waals surface area contributed by atoms with E-state index in [1.54, 1.807) is 30.3 Å². The highest BCUT2D eigenvalue weighted by atomic mass is 16.5. The van der Waals surface area contributed by atoms with Crippen LogP contribution in [0.2, 0.25) is 0 Å². The Morgan fingerprint density at radius 3 is 2.70 bits per heavy atom. The number of ether oxygens (including phenoxy) is 2. The summed E-state index contributed by atoms with van der Waals surface area (Å²) in [6.45, 7) is 7.11. The van der Waals surface area contributed by atoms with Crippen LogP contribution in [0.4, 0.5) is 5.69 Å². The highest BCUT2D eigenvalue weighted by Crippen LogP contribution is 2.16. The molecule has 1 aliphatic heterocycles. The quantitative estimate of drug-likeness (QED) is 0.538. The summed E-state index contributed by atoms with van der Waals surface area (Å²) in [5, 5.41) is 5.73. The molecule has 1 heterocycles. The van der Waals surface area contributed by atoms with Crippen molar-refractivity contribution in [2.45, 2.75) is 13.3 Å². The van der Waals surface area contributed by atoms with E-state index < -0.39 is 0 Å². The molecule has 1 fully saturated rings. The van der Waals surface area contributed by atoms with E-state index in [1.165, 1.54) is 4.90 Å². The maximum absolute atomic E-state index is 12.6. The van der Waals surface area contributed by atoms with Gasteiger partial charge in [0.2, 0.25) is 0 Å². The highest BCUT2D eigenvalue weighted by molar-refractivity contribution is 6.04. The molecule has 30 heavy (non-hydrogen) atoms. The normalized spacial score (nSPS) is 14.2. The lowest BCUT2D eigenvalue weighted by atomic mass is 10.1. The van der Waals surface area contributed by atoms with Gasteiger partial charge in [-0.25, -0.2) is 0 Å². The third-order valence-electron chi connectivity index (χ3n) is 5.00. The highest BCUT2D eigenvalue weighted by Gasteiger charge is 2.15. The van der Waals surface area contributed by atoms with E-state index in [9.17, 15) is 9.59 Å². The standard InChI is InChI=1S/C23H29N3O4/c1-18-6-4-7-19(16-18)30-17-22(27)25-21-9-3-2-8-20(21)23(28)24-10-5-11-26-12-14-29-15-13-26/h2-4,6-9,16H,5,10-15,17H2,1H3,(H,24,28)(H,25,27)/p+1. The molecule has 0 spiro atoms. The van der Waals surface area contributed by atoms with Crippen LogP contribution in [0, 0.1) is 6.92 Å². The predicted molar refractivity (Wildman–Crippen MR) is 115 cm³/mol. The van der Waals surface area contributed by atoms with Gasteiger partial charge in [0.25, 0.3) is 11.8 Å². The van der Waals surface area contributed by atoms with E-state index in [0.29, 0.717) is 23.5 Å². The van der Waals surface area contributed by atoms with Crippen molar-refractivity contribution in [2.75, 3.05) is 51.3 Å². The summed E-state index contributed by atoms with van der Waals surface area (Å²) in [4.78, 5) is 26.4. The third kappa shape index (κ3) is 6.86. The van der Waals surface area contributed by atoms with E-state index in [1.807, 2.05) is 25.1 Å². The Labute approximate surface area is 177 Å². The number of anilines is 1. The van der Waals surface area contributed by atoms with Gasteiger partial charge >= 0.3 is 0 Å². The zero-order valence-electron chi connectivity index (χ0n) is 17.4. The average Bonchev–Trinajstić information content (AvgIpc) is 2.76. The van der Waals surface area contributed by atoms with Gasteiger partial charge in [0.05, 0.1) is 31.0 Å². The second kappa shape index (κ2) is 11.3. The van der Waals surface area contributed by atoms with E-state index in [0.717, 1.165) is 44.8 Å². The van der Waals surface area contributed by atoms with Crippen molar-refractivity contribution >= 4 is 17.5 Å². The zero-order chi connectivity index (χ0) is 21.2. The average molecular weight is 413 g/mol. The number of rotatable bonds is 9. The lowest BCUT2D eigenvalue weighted by molar-refractivity contribution is -0.908. The molecular formula is C23H30N3O4+. The van der Waals surface area contributed by atoms with Gasteiger partial charge in [-0.2, -0.15) is 0 Å². The molecule has 2 aromatic rings. The first-order valence-corrected chi connectivity index (χ1v) is 10.4. The Balaban J connectivity index is 1.46. The largest absolute Gasteiger partial charge is 0.484 e. The van der Waals surface area contributed by atoms with Crippen molar-refractivity contribution in [1.29, 1.82) is 0 Å². The van der Waals surface area contributed by atoms with Crippen LogP contribution >= 0.6 is 0 Å². The van der Waals surface area contributed by atoms with Crippen LogP contribution in [0.1, 0.15) is 22.3 Å². The molecule has 3 N–H and O–H groups in total. The lowest BCUT2D eigenvalue weighted by Gasteiger charge is -2.23. The van der Waals surface area contributed by atoms with Gasteiger partial charge in [-0.1, -0.05) is 24.3 Å². The Bertz CT molecular complexity index is 850. The molecule has 0 aromatic heterocycles. The number of hydrogen-bond donors (Lipinski definition) is 3. The predicted octanol–water partition coefficient (Wildman–Crippen LogP) is 1.05. The molecule has 7 nitrogen and oxygen atoms in total. The summed E-state index contributed by atoms with van der Waals surface area (Å²) in [7, 11) is 0.